The summed E-state index contributed by atoms with van der Waals surface area (Å²) in [5.41, 5.74) is 0. The molecule has 0 aliphatic heterocycles. The molecular weight excluding hydrogens is 139 g/mol. The van der Waals surface area contributed by atoms with Crippen molar-refractivity contribution in [1.82, 2.24) is 0 Å². The highest BCUT2D eigenvalue weighted by molar-refractivity contribution is 5.85. The van der Waals surface area contributed by atoms with Crippen LogP contribution in [0, 0.1) is 0 Å². The highest BCUT2D eigenvalue weighted by Crippen LogP contribution is 1.96. The number of rotatable bonds is 3. The lowest BCUT2D eigenvalue weighted by atomic mass is 10.5. The first kappa shape index (κ1) is 10.9. The molecule has 0 aromatic heterocycles. The summed E-state index contributed by atoms with van der Waals surface area (Å²) in [6, 6.07) is 0. The van der Waals surface area contributed by atoms with E-state index in [1.807, 2.05) is 0 Å². The van der Waals surface area contributed by atoms with Crippen LogP contribution in [0.4, 0.5) is 8.78 Å². The summed E-state index contributed by atoms with van der Waals surface area (Å²) < 4.78 is 22.2. The third-order valence-electron chi connectivity index (χ3n) is 0.454. The monoisotopic (exact) mass is 147 g/mol. The minimum atomic E-state index is -2.30. The second-order valence-electron chi connectivity index (χ2n) is 1.05. The van der Waals surface area contributed by atoms with Gasteiger partial charge in [0, 0.05) is 6.42 Å². The molecule has 0 rings (SSSR count). The van der Waals surface area contributed by atoms with E-state index in [9.17, 15) is 8.78 Å². The highest BCUT2D eigenvalue weighted by atomic mass is 35.5. The first-order chi connectivity index (χ1) is 3.27. The Kier molecular flexibility index (Phi) is 9.68. The molecule has 0 unspecified atom stereocenters. The molecule has 0 saturated carbocycles. The first-order valence-corrected chi connectivity index (χ1v) is 1.87. The number of hydrogen-bond donors (Lipinski definition) is 1. The van der Waals surface area contributed by atoms with Crippen LogP contribution in [0.25, 0.3) is 0 Å². The zero-order valence-corrected chi connectivity index (χ0v) is 4.96. The Balaban J connectivity index is 0. The molecule has 2 nitrogen and oxygen atoms in total. The summed E-state index contributed by atoms with van der Waals surface area (Å²) in [5.74, 6) is 4.44. The van der Waals surface area contributed by atoms with Gasteiger partial charge in [0.2, 0.25) is 6.43 Å². The molecule has 0 saturated heterocycles. The molecule has 2 N–H and O–H groups in total. The van der Waals surface area contributed by atoms with E-state index in [1.165, 1.54) is 0 Å². The number of halogens is 3. The van der Waals surface area contributed by atoms with Crippen molar-refractivity contribution in [3.05, 3.63) is 0 Å². The fourth-order valence-electron chi connectivity index (χ4n) is 0.157. The first-order valence-electron chi connectivity index (χ1n) is 1.87. The molecular formula is C3H8ClF2NO. The summed E-state index contributed by atoms with van der Waals surface area (Å²) in [6.45, 7) is -0.0718. The average Bonchev–Trinajstić information content (AvgIpc) is 1.61. The Bertz CT molecular complexity index is 46.3. The predicted molar refractivity (Wildman–Crippen MR) is 28.0 cm³/mol. The topological polar surface area (TPSA) is 35.2 Å². The Morgan fingerprint density at radius 3 is 2.12 bits per heavy atom. The van der Waals surface area contributed by atoms with Gasteiger partial charge in [-0.25, -0.2) is 14.7 Å². The van der Waals surface area contributed by atoms with Gasteiger partial charge in [-0.1, -0.05) is 0 Å². The van der Waals surface area contributed by atoms with Gasteiger partial charge in [0.1, 0.15) is 0 Å². The normalized spacial score (nSPS) is 9.00. The van der Waals surface area contributed by atoms with E-state index in [1.54, 1.807) is 0 Å². The average molecular weight is 148 g/mol. The lowest BCUT2D eigenvalue weighted by Gasteiger charge is -1.93. The maximum atomic E-state index is 11.1. The molecule has 0 fully saturated rings. The van der Waals surface area contributed by atoms with Crippen LogP contribution in [-0.4, -0.2) is 13.0 Å². The molecule has 0 atom stereocenters. The number of nitrogens with two attached hydrogens (primary N) is 1. The molecule has 0 aromatic carbocycles. The number of hydrogen-bond acceptors (Lipinski definition) is 2. The quantitative estimate of drug-likeness (QED) is 0.604. The van der Waals surface area contributed by atoms with Gasteiger partial charge in [0.25, 0.3) is 0 Å². The van der Waals surface area contributed by atoms with Crippen molar-refractivity contribution in [2.24, 2.45) is 5.90 Å². The molecule has 8 heavy (non-hydrogen) atoms. The minimum Gasteiger partial charge on any atom is -0.304 e. The maximum Gasteiger partial charge on any atom is 0.240 e. The summed E-state index contributed by atoms with van der Waals surface area (Å²) in [4.78, 5) is 3.87. The van der Waals surface area contributed by atoms with Gasteiger partial charge in [-0.3, -0.25) is 0 Å². The molecule has 52 valence electrons. The Morgan fingerprint density at radius 2 is 2.00 bits per heavy atom. The summed E-state index contributed by atoms with van der Waals surface area (Å²) >= 11 is 0. The number of alkyl halides is 2. The van der Waals surface area contributed by atoms with E-state index in [4.69, 9.17) is 0 Å². The van der Waals surface area contributed by atoms with Crippen LogP contribution in [0.5, 0.6) is 0 Å². The van der Waals surface area contributed by atoms with Crippen LogP contribution in [0.15, 0.2) is 0 Å². The third-order valence-corrected chi connectivity index (χ3v) is 0.454. The van der Waals surface area contributed by atoms with E-state index in [0.29, 0.717) is 0 Å². The second kappa shape index (κ2) is 7.07. The van der Waals surface area contributed by atoms with Crippen LogP contribution in [0.2, 0.25) is 0 Å². The Hall–Kier alpha value is 0.0700. The summed E-state index contributed by atoms with van der Waals surface area (Å²) in [7, 11) is 0. The lowest BCUT2D eigenvalue weighted by molar-refractivity contribution is 0.0671. The van der Waals surface area contributed by atoms with Crippen LogP contribution >= 0.6 is 12.4 Å². The fraction of sp³-hybridized carbons (Fsp3) is 1.00. The second-order valence-corrected chi connectivity index (χ2v) is 1.05. The van der Waals surface area contributed by atoms with Gasteiger partial charge in [0.15, 0.2) is 0 Å². The third kappa shape index (κ3) is 9.42. The molecule has 0 spiro atoms. The zero-order valence-electron chi connectivity index (χ0n) is 4.14. The van der Waals surface area contributed by atoms with Gasteiger partial charge in [0.05, 0.1) is 6.61 Å². The maximum absolute atomic E-state index is 11.1. The van der Waals surface area contributed by atoms with Crippen molar-refractivity contribution in [2.45, 2.75) is 12.8 Å². The van der Waals surface area contributed by atoms with Crippen LogP contribution in [0.3, 0.4) is 0 Å². The van der Waals surface area contributed by atoms with Crippen molar-refractivity contribution in [3.8, 4) is 0 Å². The van der Waals surface area contributed by atoms with E-state index >= 15 is 0 Å². The minimum absolute atomic E-state index is 0. The van der Waals surface area contributed by atoms with Crippen molar-refractivity contribution in [2.75, 3.05) is 6.61 Å². The smallest absolute Gasteiger partial charge is 0.240 e. The van der Waals surface area contributed by atoms with E-state index in [-0.39, 0.29) is 25.4 Å². The summed E-state index contributed by atoms with van der Waals surface area (Å²) in [5, 5.41) is 0. The van der Waals surface area contributed by atoms with Crippen LogP contribution in [0.1, 0.15) is 6.42 Å². The fourth-order valence-corrected chi connectivity index (χ4v) is 0.157. The van der Waals surface area contributed by atoms with Gasteiger partial charge < -0.3 is 4.84 Å². The van der Waals surface area contributed by atoms with Gasteiger partial charge in [-0.15, -0.1) is 12.4 Å². The van der Waals surface area contributed by atoms with Gasteiger partial charge in [-0.05, 0) is 0 Å². The molecule has 0 aliphatic rings. The Morgan fingerprint density at radius 1 is 1.50 bits per heavy atom. The standard InChI is InChI=1S/C3H7F2NO.ClH/c4-3(5)1-2-7-6;/h3H,1-2,6H2;1H. The van der Waals surface area contributed by atoms with E-state index in [0.717, 1.165) is 0 Å². The molecule has 0 heterocycles. The molecule has 0 amide bonds. The van der Waals surface area contributed by atoms with Crippen molar-refractivity contribution >= 4 is 12.4 Å². The van der Waals surface area contributed by atoms with Gasteiger partial charge in [-0.2, -0.15) is 0 Å². The van der Waals surface area contributed by atoms with Crippen LogP contribution in [-0.2, 0) is 4.84 Å². The molecule has 0 aliphatic carbocycles. The SMILES string of the molecule is Cl.NOCCC(F)F. The zero-order chi connectivity index (χ0) is 5.70. The molecule has 0 radical (unpaired) electrons. The predicted octanol–water partition coefficient (Wildman–Crippen LogP) is 0.954. The molecule has 5 heteroatoms. The van der Waals surface area contributed by atoms with Crippen molar-refractivity contribution in [1.29, 1.82) is 0 Å². The molecule has 0 bridgehead atoms. The van der Waals surface area contributed by atoms with Gasteiger partial charge >= 0.3 is 0 Å². The lowest BCUT2D eigenvalue weighted by Crippen LogP contribution is -2.04. The van der Waals surface area contributed by atoms with Crippen molar-refractivity contribution in [3.63, 3.8) is 0 Å². The summed E-state index contributed by atoms with van der Waals surface area (Å²) in [6.07, 6.45) is -2.58. The van der Waals surface area contributed by atoms with E-state index < -0.39 is 6.43 Å². The highest BCUT2D eigenvalue weighted by Gasteiger charge is 1.98. The van der Waals surface area contributed by atoms with Crippen LogP contribution < -0.4 is 5.90 Å². The largest absolute Gasteiger partial charge is 0.304 e. The Labute approximate surface area is 52.4 Å². The van der Waals surface area contributed by atoms with E-state index in [2.05, 4.69) is 10.7 Å². The van der Waals surface area contributed by atoms with Crippen molar-refractivity contribution < 1.29 is 13.6 Å². The molecule has 0 aromatic rings.